The minimum atomic E-state index is -0.726. The largest absolute Gasteiger partial charge is 0.426 e. The molecule has 6 saturated carbocycles. The number of halogens is 1. The Morgan fingerprint density at radius 2 is 1.90 bits per heavy atom. The summed E-state index contributed by atoms with van der Waals surface area (Å²) in [6.45, 7) is 0.712. The predicted octanol–water partition coefficient (Wildman–Crippen LogP) is 0.797. The first-order valence-corrected chi connectivity index (χ1v) is 13.7. The third kappa shape index (κ3) is 2.21. The average Bonchev–Trinajstić information content (AvgIpc) is 3.74. The van der Waals surface area contributed by atoms with E-state index in [1.54, 1.807) is 24.5 Å². The van der Waals surface area contributed by atoms with Gasteiger partial charge in [0.25, 0.3) is 11.8 Å². The molecular formula is C28H21FN8O4. The Bertz CT molecular complexity index is 1850. The molecule has 11 rings (SSSR count). The van der Waals surface area contributed by atoms with E-state index >= 15 is 0 Å². The Labute approximate surface area is 230 Å². The molecule has 6 aliphatic carbocycles. The normalized spacial score (nSPS) is 35.2. The Morgan fingerprint density at radius 3 is 2.66 bits per heavy atom. The zero-order valence-electron chi connectivity index (χ0n) is 21.3. The van der Waals surface area contributed by atoms with Crippen molar-refractivity contribution in [2.24, 2.45) is 40.9 Å². The smallest absolute Gasteiger partial charge is 0.315 e. The molecule has 0 radical (unpaired) electrons. The minimum Gasteiger partial charge on any atom is -0.426 e. The molecule has 6 fully saturated rings. The van der Waals surface area contributed by atoms with E-state index in [0.717, 1.165) is 27.7 Å². The van der Waals surface area contributed by atoms with Gasteiger partial charge in [-0.15, -0.1) is 0 Å². The first-order chi connectivity index (χ1) is 19.9. The summed E-state index contributed by atoms with van der Waals surface area (Å²) in [5.41, 5.74) is 1.65. The average molecular weight is 553 g/mol. The fourth-order valence-electron chi connectivity index (χ4n) is 10.1. The molecule has 3 aromatic heterocycles. The van der Waals surface area contributed by atoms with Gasteiger partial charge in [-0.05, 0) is 58.6 Å². The van der Waals surface area contributed by atoms with Crippen LogP contribution in [0.4, 0.5) is 4.39 Å². The van der Waals surface area contributed by atoms with Crippen LogP contribution in [0.2, 0.25) is 0 Å². The summed E-state index contributed by atoms with van der Waals surface area (Å²) < 4.78 is 20.8. The van der Waals surface area contributed by atoms with Crippen molar-refractivity contribution in [3.05, 3.63) is 70.9 Å². The fourth-order valence-corrected chi connectivity index (χ4v) is 10.1. The molecule has 1 aromatic carbocycles. The van der Waals surface area contributed by atoms with E-state index in [-0.39, 0.29) is 46.8 Å². The highest BCUT2D eigenvalue weighted by Crippen LogP contribution is 3.09. The van der Waals surface area contributed by atoms with E-state index in [9.17, 15) is 18.8 Å². The molecule has 0 unspecified atom stereocenters. The maximum Gasteiger partial charge on any atom is 0.315 e. The van der Waals surface area contributed by atoms with Crippen molar-refractivity contribution in [3.63, 3.8) is 0 Å². The Balaban J connectivity index is 0.865. The van der Waals surface area contributed by atoms with E-state index in [1.165, 1.54) is 6.07 Å². The zero-order chi connectivity index (χ0) is 27.4. The molecule has 0 spiro atoms. The van der Waals surface area contributed by atoms with Gasteiger partial charge in [0, 0.05) is 30.1 Å². The molecule has 41 heavy (non-hydrogen) atoms. The number of carbonyl (C=O) groups is 3. The number of nitrogens with zero attached hydrogens (tertiary/aromatic N) is 5. The van der Waals surface area contributed by atoms with Gasteiger partial charge in [0.05, 0.1) is 12.6 Å². The number of fused-ring (bicyclic) bond motifs is 2. The summed E-state index contributed by atoms with van der Waals surface area (Å²) in [5.74, 6) is 3.25. The molecule has 204 valence electrons. The number of hydrogen-bond donors (Lipinski definition) is 3. The first-order valence-electron chi connectivity index (χ1n) is 13.7. The molecule has 7 aliphatic rings. The summed E-state index contributed by atoms with van der Waals surface area (Å²) >= 11 is 0. The molecular weight excluding hydrogens is 531 g/mol. The van der Waals surface area contributed by atoms with Gasteiger partial charge in [-0.2, -0.15) is 10.2 Å². The Hall–Kier alpha value is -4.68. The van der Waals surface area contributed by atoms with Crippen molar-refractivity contribution in [1.29, 1.82) is 0 Å². The lowest BCUT2D eigenvalue weighted by molar-refractivity contribution is -0.627. The van der Waals surface area contributed by atoms with Gasteiger partial charge in [0.1, 0.15) is 29.3 Å². The highest BCUT2D eigenvalue weighted by Gasteiger charge is 3.10. The number of benzene rings is 1. The summed E-state index contributed by atoms with van der Waals surface area (Å²) in [6, 6.07) is 6.58. The second kappa shape index (κ2) is 6.78. The Morgan fingerprint density at radius 1 is 1.10 bits per heavy atom. The number of hydrogen-bond acceptors (Lipinski definition) is 8. The molecule has 3 N–H and O–H groups in total. The first kappa shape index (κ1) is 22.1. The highest BCUT2D eigenvalue weighted by atomic mass is 19.1. The molecule has 0 saturated heterocycles. The summed E-state index contributed by atoms with van der Waals surface area (Å²) in [4.78, 5) is 46.6. The predicted molar refractivity (Wildman–Crippen MR) is 134 cm³/mol. The van der Waals surface area contributed by atoms with Crippen LogP contribution in [0.1, 0.15) is 37.9 Å². The number of H-pyrrole nitrogens is 1. The molecule has 1 aliphatic heterocycles. The molecule has 4 heterocycles. The second-order valence-corrected chi connectivity index (χ2v) is 12.2. The third-order valence-electron chi connectivity index (χ3n) is 11.2. The quantitative estimate of drug-likeness (QED) is 0.225. The number of aromatic nitrogens is 6. The number of carbonyl (C=O) groups excluding carboxylic acids is 3. The number of amides is 2. The minimum absolute atomic E-state index is 0.0484. The van der Waals surface area contributed by atoms with Crippen LogP contribution in [-0.4, -0.2) is 54.1 Å². The lowest BCUT2D eigenvalue weighted by atomic mass is 8.92. The van der Waals surface area contributed by atoms with E-state index in [0.29, 0.717) is 47.8 Å². The maximum absolute atomic E-state index is 14.5. The van der Waals surface area contributed by atoms with Crippen molar-refractivity contribution >= 4 is 23.4 Å². The lowest BCUT2D eigenvalue weighted by Crippen LogP contribution is -3.12. The van der Waals surface area contributed by atoms with E-state index in [1.807, 2.05) is 0 Å². The van der Waals surface area contributed by atoms with Crippen LogP contribution in [0.25, 0.3) is 5.65 Å². The van der Waals surface area contributed by atoms with Crippen LogP contribution in [0.15, 0.2) is 36.8 Å². The van der Waals surface area contributed by atoms with Crippen LogP contribution in [-0.2, 0) is 23.2 Å². The maximum atomic E-state index is 14.5. The van der Waals surface area contributed by atoms with Gasteiger partial charge in [0.15, 0.2) is 11.5 Å². The summed E-state index contributed by atoms with van der Waals surface area (Å²) in [5, 5.41) is 17.0. The van der Waals surface area contributed by atoms with Crippen molar-refractivity contribution in [3.8, 4) is 5.75 Å². The van der Waals surface area contributed by atoms with Crippen LogP contribution in [0, 0.1) is 46.7 Å². The van der Waals surface area contributed by atoms with Crippen molar-refractivity contribution < 1.29 is 23.5 Å². The number of aromatic amines is 1. The summed E-state index contributed by atoms with van der Waals surface area (Å²) in [6.07, 6.45) is 2.75. The van der Waals surface area contributed by atoms with Crippen molar-refractivity contribution in [1.82, 2.24) is 40.4 Å². The van der Waals surface area contributed by atoms with Gasteiger partial charge >= 0.3 is 5.97 Å². The number of esters is 1. The van der Waals surface area contributed by atoms with Gasteiger partial charge < -0.3 is 15.4 Å². The Kier molecular flexibility index (Phi) is 3.65. The molecule has 4 aromatic rings. The van der Waals surface area contributed by atoms with Crippen LogP contribution in [0.3, 0.4) is 0 Å². The van der Waals surface area contributed by atoms with E-state index in [2.05, 4.69) is 35.9 Å². The van der Waals surface area contributed by atoms with Crippen LogP contribution < -0.4 is 15.4 Å². The molecule has 0 atom stereocenters. The molecule has 12 nitrogen and oxygen atoms in total. The second-order valence-electron chi connectivity index (χ2n) is 12.2. The monoisotopic (exact) mass is 552 g/mol. The van der Waals surface area contributed by atoms with Gasteiger partial charge in [-0.1, -0.05) is 6.07 Å². The topological polar surface area (TPSA) is 156 Å². The molecule has 0 bridgehead atoms. The van der Waals surface area contributed by atoms with Crippen molar-refractivity contribution in [2.75, 3.05) is 6.54 Å². The number of rotatable bonds is 7. The van der Waals surface area contributed by atoms with Crippen LogP contribution in [0.5, 0.6) is 5.75 Å². The van der Waals surface area contributed by atoms with E-state index < -0.39 is 17.6 Å². The zero-order valence-corrected chi connectivity index (χ0v) is 21.3. The van der Waals surface area contributed by atoms with Gasteiger partial charge in [0.2, 0.25) is 0 Å². The van der Waals surface area contributed by atoms with Crippen molar-refractivity contribution in [2.45, 2.75) is 18.4 Å². The van der Waals surface area contributed by atoms with Gasteiger partial charge in [-0.25, -0.2) is 18.9 Å². The SMILES string of the molecule is O=C1Cc2cc(CNC(=O)c3cc(C(=O)NCC45C6C7C4C4C5C6C74c4ncn[nH]4)n4ncc(F)c4n3)ccc2O1. The van der Waals surface area contributed by atoms with E-state index in [4.69, 9.17) is 4.74 Å². The fraction of sp³-hybridized carbons (Fsp3) is 0.393. The third-order valence-corrected chi connectivity index (χ3v) is 11.2. The number of nitrogens with one attached hydrogen (secondary N) is 3. The standard InChI is InChI=1S/C28H21FN8O4/c29-12-7-34-37-14(5-13(35-23(12)37)24(39)30-6-10-1-2-15-11(3-10)4-16(38)41-15)25(40)31-8-27-17-20-18(27)22-19(27)21(17)28(20,22)26-32-9-33-36-26/h1-3,5,7,9,17-22H,4,6,8H2,(H,30,39)(H,31,40)(H,32,33,36). The lowest BCUT2D eigenvalue weighted by Gasteiger charge is -3.11. The highest BCUT2D eigenvalue weighted by molar-refractivity contribution is 5.98. The van der Waals surface area contributed by atoms with Crippen LogP contribution >= 0.6 is 0 Å². The van der Waals surface area contributed by atoms with Gasteiger partial charge in [-0.3, -0.25) is 19.5 Å². The molecule has 2 amide bonds. The molecule has 13 heteroatoms. The summed E-state index contributed by atoms with van der Waals surface area (Å²) in [7, 11) is 0. The number of ether oxygens (including phenoxy) is 1.